The highest BCUT2D eigenvalue weighted by molar-refractivity contribution is 6.31. The van der Waals surface area contributed by atoms with Gasteiger partial charge in [0, 0.05) is 11.1 Å². The van der Waals surface area contributed by atoms with Gasteiger partial charge >= 0.3 is 0 Å². The van der Waals surface area contributed by atoms with Crippen LogP contribution >= 0.6 is 24.0 Å². The number of hydrogen-bond donors (Lipinski definition) is 1. The third kappa shape index (κ3) is 2.58. The van der Waals surface area contributed by atoms with Crippen molar-refractivity contribution in [3.8, 4) is 0 Å². The second-order valence-corrected chi connectivity index (χ2v) is 2.72. The van der Waals surface area contributed by atoms with Crippen molar-refractivity contribution < 1.29 is 9.72 Å². The monoisotopic (exact) mass is 236 g/mol. The summed E-state index contributed by atoms with van der Waals surface area (Å²) < 4.78 is 0. The normalized spacial score (nSPS) is 8.93. The van der Waals surface area contributed by atoms with Gasteiger partial charge in [0.2, 0.25) is 0 Å². The van der Waals surface area contributed by atoms with Crippen LogP contribution in [0.3, 0.4) is 0 Å². The van der Waals surface area contributed by atoms with E-state index in [4.69, 9.17) is 17.3 Å². The number of rotatable bonds is 2. The van der Waals surface area contributed by atoms with Gasteiger partial charge in [0.05, 0.1) is 4.92 Å². The molecule has 0 aliphatic heterocycles. The molecule has 0 fully saturated rings. The lowest BCUT2D eigenvalue weighted by molar-refractivity contribution is -0.385. The number of primary amides is 1. The molecule has 14 heavy (non-hydrogen) atoms. The van der Waals surface area contributed by atoms with E-state index in [0.29, 0.717) is 0 Å². The highest BCUT2D eigenvalue weighted by Crippen LogP contribution is 2.21. The van der Waals surface area contributed by atoms with Crippen molar-refractivity contribution in [2.24, 2.45) is 5.73 Å². The molecule has 5 nitrogen and oxygen atoms in total. The number of carbonyl (C=O) groups is 1. The van der Waals surface area contributed by atoms with Gasteiger partial charge in [0.1, 0.15) is 5.56 Å². The average Bonchev–Trinajstić information content (AvgIpc) is 2.03. The van der Waals surface area contributed by atoms with Crippen molar-refractivity contribution in [3.63, 3.8) is 0 Å². The lowest BCUT2D eigenvalue weighted by Gasteiger charge is -1.98. The number of hydrogen-bond acceptors (Lipinski definition) is 3. The van der Waals surface area contributed by atoms with Crippen LogP contribution in [0.4, 0.5) is 5.69 Å². The minimum absolute atomic E-state index is 0. The zero-order valence-electron chi connectivity index (χ0n) is 6.77. The zero-order valence-corrected chi connectivity index (χ0v) is 8.34. The second-order valence-electron chi connectivity index (χ2n) is 2.28. The minimum atomic E-state index is -0.866. The molecule has 0 bridgehead atoms. The van der Waals surface area contributed by atoms with Gasteiger partial charge in [-0.1, -0.05) is 11.6 Å². The maximum Gasteiger partial charge on any atom is 0.282 e. The SMILES string of the molecule is Cl.NC(=O)c1cc(Cl)ccc1[N+](=O)[O-]. The Hall–Kier alpha value is -1.33. The molecule has 1 amide bonds. The quantitative estimate of drug-likeness (QED) is 0.628. The topological polar surface area (TPSA) is 86.2 Å². The minimum Gasteiger partial charge on any atom is -0.365 e. The summed E-state index contributed by atoms with van der Waals surface area (Å²) in [7, 11) is 0. The van der Waals surface area contributed by atoms with Crippen LogP contribution in [0, 0.1) is 10.1 Å². The van der Waals surface area contributed by atoms with Crippen molar-refractivity contribution in [1.29, 1.82) is 0 Å². The lowest BCUT2D eigenvalue weighted by Crippen LogP contribution is -2.13. The van der Waals surface area contributed by atoms with Crippen LogP contribution < -0.4 is 5.73 Å². The Balaban J connectivity index is 0.00000169. The third-order valence-electron chi connectivity index (χ3n) is 1.42. The van der Waals surface area contributed by atoms with Gasteiger partial charge in [0.25, 0.3) is 11.6 Å². The smallest absolute Gasteiger partial charge is 0.282 e. The largest absolute Gasteiger partial charge is 0.365 e. The summed E-state index contributed by atoms with van der Waals surface area (Å²) in [6.45, 7) is 0. The Bertz CT molecular complexity index is 381. The Labute approximate surface area is 90.4 Å². The second kappa shape index (κ2) is 4.78. The molecular weight excluding hydrogens is 231 g/mol. The van der Waals surface area contributed by atoms with E-state index < -0.39 is 10.8 Å². The average molecular weight is 237 g/mol. The molecule has 0 heterocycles. The molecule has 0 saturated carbocycles. The number of benzene rings is 1. The van der Waals surface area contributed by atoms with Gasteiger partial charge in [0.15, 0.2) is 0 Å². The van der Waals surface area contributed by atoms with Crippen LogP contribution in [-0.4, -0.2) is 10.8 Å². The van der Waals surface area contributed by atoms with Crippen LogP contribution in [-0.2, 0) is 0 Å². The number of nitrogens with two attached hydrogens (primary N) is 1. The van der Waals surface area contributed by atoms with Crippen LogP contribution in [0.5, 0.6) is 0 Å². The molecule has 0 spiro atoms. The number of nitrogens with zero attached hydrogens (tertiary/aromatic N) is 1. The molecule has 0 unspecified atom stereocenters. The predicted octanol–water partition coefficient (Wildman–Crippen LogP) is 1.77. The molecule has 0 aromatic heterocycles. The van der Waals surface area contributed by atoms with E-state index >= 15 is 0 Å². The van der Waals surface area contributed by atoms with E-state index in [2.05, 4.69) is 0 Å². The van der Waals surface area contributed by atoms with E-state index in [1.165, 1.54) is 12.1 Å². The van der Waals surface area contributed by atoms with Gasteiger partial charge in [-0.15, -0.1) is 12.4 Å². The lowest BCUT2D eigenvalue weighted by atomic mass is 10.2. The molecule has 0 saturated heterocycles. The summed E-state index contributed by atoms with van der Waals surface area (Å²) in [4.78, 5) is 20.4. The van der Waals surface area contributed by atoms with E-state index in [-0.39, 0.29) is 28.7 Å². The maximum absolute atomic E-state index is 10.7. The fourth-order valence-corrected chi connectivity index (χ4v) is 1.04. The van der Waals surface area contributed by atoms with E-state index in [0.717, 1.165) is 6.07 Å². The predicted molar refractivity (Wildman–Crippen MR) is 53.9 cm³/mol. The van der Waals surface area contributed by atoms with Crippen molar-refractivity contribution in [2.45, 2.75) is 0 Å². The molecule has 2 N–H and O–H groups in total. The van der Waals surface area contributed by atoms with Gasteiger partial charge in [-0.25, -0.2) is 0 Å². The van der Waals surface area contributed by atoms with Crippen molar-refractivity contribution in [1.82, 2.24) is 0 Å². The van der Waals surface area contributed by atoms with Crippen LogP contribution in [0.1, 0.15) is 10.4 Å². The standard InChI is InChI=1S/C7H5ClN2O3.ClH/c8-4-1-2-6(10(12)13)5(3-4)7(9)11;/h1-3H,(H2,9,11);1H. The maximum atomic E-state index is 10.7. The van der Waals surface area contributed by atoms with Gasteiger partial charge in [-0.2, -0.15) is 0 Å². The van der Waals surface area contributed by atoms with E-state index in [9.17, 15) is 14.9 Å². The first-order valence-corrected chi connectivity index (χ1v) is 3.64. The van der Waals surface area contributed by atoms with Crippen LogP contribution in [0.25, 0.3) is 0 Å². The Morgan fingerprint density at radius 2 is 2.07 bits per heavy atom. The molecule has 0 atom stereocenters. The van der Waals surface area contributed by atoms with Gasteiger partial charge < -0.3 is 5.73 Å². The number of halogens is 2. The van der Waals surface area contributed by atoms with Crippen molar-refractivity contribution in [2.75, 3.05) is 0 Å². The Morgan fingerprint density at radius 3 is 2.50 bits per heavy atom. The highest BCUT2D eigenvalue weighted by Gasteiger charge is 2.17. The van der Waals surface area contributed by atoms with E-state index in [1.54, 1.807) is 0 Å². The number of nitro groups is 1. The molecule has 1 aromatic rings. The number of carbonyl (C=O) groups excluding carboxylic acids is 1. The van der Waals surface area contributed by atoms with Crippen LogP contribution in [0.2, 0.25) is 5.02 Å². The molecule has 7 heteroatoms. The molecule has 76 valence electrons. The van der Waals surface area contributed by atoms with Gasteiger partial charge in [-0.05, 0) is 12.1 Å². The zero-order chi connectivity index (χ0) is 10.0. The number of amides is 1. The molecule has 1 aromatic carbocycles. The molecule has 0 radical (unpaired) electrons. The Kier molecular flexibility index (Phi) is 4.33. The fraction of sp³-hybridized carbons (Fsp3) is 0. The number of nitro benzene ring substituents is 1. The Morgan fingerprint density at radius 1 is 1.50 bits per heavy atom. The summed E-state index contributed by atoms with van der Waals surface area (Å²) in [6.07, 6.45) is 0. The third-order valence-corrected chi connectivity index (χ3v) is 1.66. The molecule has 0 aliphatic carbocycles. The first kappa shape index (κ1) is 12.7. The summed E-state index contributed by atoms with van der Waals surface area (Å²) in [5.74, 6) is -0.866. The van der Waals surface area contributed by atoms with Gasteiger partial charge in [-0.3, -0.25) is 14.9 Å². The summed E-state index contributed by atoms with van der Waals surface area (Å²) in [5, 5.41) is 10.6. The van der Waals surface area contributed by atoms with E-state index in [1.807, 2.05) is 0 Å². The molecule has 0 aliphatic rings. The van der Waals surface area contributed by atoms with Crippen molar-refractivity contribution >= 4 is 35.6 Å². The first-order chi connectivity index (χ1) is 6.02. The fourth-order valence-electron chi connectivity index (χ4n) is 0.865. The summed E-state index contributed by atoms with van der Waals surface area (Å²) in [5.41, 5.74) is 4.40. The summed E-state index contributed by atoms with van der Waals surface area (Å²) >= 11 is 5.54. The summed E-state index contributed by atoms with van der Waals surface area (Å²) in [6, 6.07) is 3.64. The van der Waals surface area contributed by atoms with Crippen LogP contribution in [0.15, 0.2) is 18.2 Å². The molecule has 1 rings (SSSR count). The first-order valence-electron chi connectivity index (χ1n) is 3.26. The van der Waals surface area contributed by atoms with Crippen molar-refractivity contribution in [3.05, 3.63) is 38.9 Å². The highest BCUT2D eigenvalue weighted by atomic mass is 35.5. The molecular formula is C7H6Cl2N2O3.